The zero-order valence-electron chi connectivity index (χ0n) is 18.9. The molecule has 1 aliphatic rings. The quantitative estimate of drug-likeness (QED) is 0.427. The molecule has 1 amide bonds. The SMILES string of the molecule is Cn1c(C2(c3ccccc3)CCN(C(=O)COc3ccc(F)cc3)CC2)nc2cc(F)ccc21. The maximum Gasteiger partial charge on any atom is 0.260 e. The van der Waals surface area contributed by atoms with Crippen LogP contribution in [-0.4, -0.2) is 40.1 Å². The summed E-state index contributed by atoms with van der Waals surface area (Å²) in [6, 6.07) is 20.5. The van der Waals surface area contributed by atoms with E-state index in [1.54, 1.807) is 11.0 Å². The first-order valence-electron chi connectivity index (χ1n) is 11.3. The number of likely N-dealkylation sites (tertiary alicyclic amines) is 1. The maximum absolute atomic E-state index is 13.9. The highest BCUT2D eigenvalue weighted by atomic mass is 19.1. The molecule has 1 saturated heterocycles. The van der Waals surface area contributed by atoms with Gasteiger partial charge in [0, 0.05) is 26.2 Å². The number of fused-ring (bicyclic) bond motifs is 1. The van der Waals surface area contributed by atoms with E-state index >= 15 is 0 Å². The number of hydrogen-bond acceptors (Lipinski definition) is 3. The van der Waals surface area contributed by atoms with Crippen LogP contribution in [-0.2, 0) is 17.3 Å². The molecule has 5 rings (SSSR count). The van der Waals surface area contributed by atoms with Crippen LogP contribution < -0.4 is 4.74 Å². The van der Waals surface area contributed by atoms with Crippen molar-refractivity contribution >= 4 is 16.9 Å². The summed E-state index contributed by atoms with van der Waals surface area (Å²) >= 11 is 0. The fourth-order valence-electron chi connectivity index (χ4n) is 4.90. The van der Waals surface area contributed by atoms with Crippen molar-refractivity contribution in [1.29, 1.82) is 0 Å². The molecule has 34 heavy (non-hydrogen) atoms. The van der Waals surface area contributed by atoms with E-state index in [9.17, 15) is 13.6 Å². The Morgan fingerprint density at radius 3 is 2.35 bits per heavy atom. The van der Waals surface area contributed by atoms with Gasteiger partial charge in [-0.3, -0.25) is 4.79 Å². The van der Waals surface area contributed by atoms with Gasteiger partial charge in [-0.15, -0.1) is 0 Å². The molecule has 0 unspecified atom stereocenters. The zero-order valence-corrected chi connectivity index (χ0v) is 18.9. The zero-order chi connectivity index (χ0) is 23.7. The van der Waals surface area contributed by atoms with E-state index in [0.717, 1.165) is 16.9 Å². The van der Waals surface area contributed by atoms with Crippen LogP contribution in [0.3, 0.4) is 0 Å². The molecule has 1 fully saturated rings. The van der Waals surface area contributed by atoms with Gasteiger partial charge in [0.25, 0.3) is 5.91 Å². The van der Waals surface area contributed by atoms with Crippen molar-refractivity contribution in [2.75, 3.05) is 19.7 Å². The number of aryl methyl sites for hydroxylation is 1. The Hall–Kier alpha value is -3.74. The molecule has 4 aromatic rings. The van der Waals surface area contributed by atoms with Gasteiger partial charge in [0.2, 0.25) is 0 Å². The largest absolute Gasteiger partial charge is 0.484 e. The highest BCUT2D eigenvalue weighted by molar-refractivity contribution is 5.78. The van der Waals surface area contributed by atoms with Gasteiger partial charge in [-0.1, -0.05) is 30.3 Å². The molecule has 1 aliphatic heterocycles. The van der Waals surface area contributed by atoms with E-state index in [4.69, 9.17) is 9.72 Å². The van der Waals surface area contributed by atoms with Crippen LogP contribution in [0.1, 0.15) is 24.2 Å². The molecule has 1 aromatic heterocycles. The summed E-state index contributed by atoms with van der Waals surface area (Å²) in [7, 11) is 1.96. The van der Waals surface area contributed by atoms with Crippen LogP contribution in [0.2, 0.25) is 0 Å². The van der Waals surface area contributed by atoms with Crippen molar-refractivity contribution in [2.45, 2.75) is 18.3 Å². The number of piperidine rings is 1. The first-order valence-corrected chi connectivity index (χ1v) is 11.3. The molecule has 0 atom stereocenters. The number of carbonyl (C=O) groups is 1. The average Bonchev–Trinajstić information content (AvgIpc) is 3.20. The number of benzene rings is 3. The molecule has 3 aromatic carbocycles. The summed E-state index contributed by atoms with van der Waals surface area (Å²) in [5.74, 6) is 0.550. The standard InChI is InChI=1S/C27H25F2N3O2/c1-31-24-12-9-21(29)17-23(24)30-26(31)27(19-5-3-2-4-6-19)13-15-32(16-14-27)25(33)18-34-22-10-7-20(28)8-11-22/h2-12,17H,13-16,18H2,1H3. The fraction of sp³-hybridized carbons (Fsp3) is 0.259. The number of rotatable bonds is 5. The van der Waals surface area contributed by atoms with E-state index in [1.165, 1.54) is 36.4 Å². The number of ether oxygens (including phenoxy) is 1. The summed E-state index contributed by atoms with van der Waals surface area (Å²) in [5.41, 5.74) is 2.22. The number of imidazole rings is 1. The second kappa shape index (κ2) is 8.89. The molecule has 7 heteroatoms. The Balaban J connectivity index is 1.39. The van der Waals surface area contributed by atoms with Crippen molar-refractivity contribution in [3.05, 3.63) is 95.8 Å². The molecular formula is C27H25F2N3O2. The van der Waals surface area contributed by atoms with Gasteiger partial charge < -0.3 is 14.2 Å². The first kappa shape index (κ1) is 22.1. The molecule has 5 nitrogen and oxygen atoms in total. The maximum atomic E-state index is 13.9. The highest BCUT2D eigenvalue weighted by Crippen LogP contribution is 2.42. The predicted molar refractivity (Wildman–Crippen MR) is 126 cm³/mol. The van der Waals surface area contributed by atoms with Crippen LogP contribution in [0.5, 0.6) is 5.75 Å². The van der Waals surface area contributed by atoms with Crippen molar-refractivity contribution in [3.8, 4) is 5.75 Å². The van der Waals surface area contributed by atoms with Gasteiger partial charge in [-0.05, 0) is 54.8 Å². The van der Waals surface area contributed by atoms with Crippen LogP contribution >= 0.6 is 0 Å². The second-order valence-corrected chi connectivity index (χ2v) is 8.70. The number of hydrogen-bond donors (Lipinski definition) is 0. The minimum absolute atomic E-state index is 0.102. The second-order valence-electron chi connectivity index (χ2n) is 8.70. The molecule has 0 aliphatic carbocycles. The van der Waals surface area contributed by atoms with Gasteiger partial charge in [0.1, 0.15) is 23.2 Å². The summed E-state index contributed by atoms with van der Waals surface area (Å²) in [6.45, 7) is 0.978. The molecular weight excluding hydrogens is 436 g/mol. The third-order valence-corrected chi connectivity index (χ3v) is 6.74. The molecule has 0 N–H and O–H groups in total. The minimum Gasteiger partial charge on any atom is -0.484 e. The molecule has 0 bridgehead atoms. The van der Waals surface area contributed by atoms with Gasteiger partial charge >= 0.3 is 0 Å². The van der Waals surface area contributed by atoms with E-state index in [-0.39, 0.29) is 24.1 Å². The summed E-state index contributed by atoms with van der Waals surface area (Å²) in [5, 5.41) is 0. The van der Waals surface area contributed by atoms with Crippen molar-refractivity contribution in [1.82, 2.24) is 14.5 Å². The number of amides is 1. The number of aromatic nitrogens is 2. The Bertz CT molecular complexity index is 1310. The number of carbonyl (C=O) groups excluding carboxylic acids is 1. The summed E-state index contributed by atoms with van der Waals surface area (Å²) in [4.78, 5) is 19.5. The van der Waals surface area contributed by atoms with Crippen molar-refractivity contribution in [2.24, 2.45) is 7.05 Å². The lowest BCUT2D eigenvalue weighted by Gasteiger charge is -2.41. The Labute approximate surface area is 196 Å². The molecule has 0 saturated carbocycles. The molecule has 0 radical (unpaired) electrons. The number of nitrogens with zero attached hydrogens (tertiary/aromatic N) is 3. The topological polar surface area (TPSA) is 47.4 Å². The third-order valence-electron chi connectivity index (χ3n) is 6.74. The Morgan fingerprint density at radius 2 is 1.65 bits per heavy atom. The van der Waals surface area contributed by atoms with Crippen LogP contribution in [0.25, 0.3) is 11.0 Å². The van der Waals surface area contributed by atoms with Gasteiger partial charge in [0.15, 0.2) is 6.61 Å². The predicted octanol–water partition coefficient (Wildman–Crippen LogP) is 4.84. The smallest absolute Gasteiger partial charge is 0.260 e. The average molecular weight is 462 g/mol. The van der Waals surface area contributed by atoms with Crippen molar-refractivity contribution < 1.29 is 18.3 Å². The Kier molecular flexibility index (Phi) is 5.77. The number of halogens is 2. The fourth-order valence-corrected chi connectivity index (χ4v) is 4.90. The van der Waals surface area contributed by atoms with E-state index in [2.05, 4.69) is 12.1 Å². The Morgan fingerprint density at radius 1 is 0.971 bits per heavy atom. The van der Waals surface area contributed by atoms with E-state index in [1.807, 2.05) is 29.8 Å². The summed E-state index contributed by atoms with van der Waals surface area (Å²) < 4.78 is 34.6. The van der Waals surface area contributed by atoms with E-state index < -0.39 is 5.41 Å². The minimum atomic E-state index is -0.403. The normalized spacial score (nSPS) is 15.4. The highest BCUT2D eigenvalue weighted by Gasteiger charge is 2.42. The first-order chi connectivity index (χ1) is 16.5. The molecule has 2 heterocycles. The van der Waals surface area contributed by atoms with Crippen LogP contribution in [0.4, 0.5) is 8.78 Å². The lowest BCUT2D eigenvalue weighted by Crippen LogP contribution is -2.48. The van der Waals surface area contributed by atoms with Crippen LogP contribution in [0.15, 0.2) is 72.8 Å². The lowest BCUT2D eigenvalue weighted by molar-refractivity contribution is -0.134. The lowest BCUT2D eigenvalue weighted by atomic mass is 9.72. The van der Waals surface area contributed by atoms with Gasteiger partial charge in [-0.25, -0.2) is 13.8 Å². The van der Waals surface area contributed by atoms with Gasteiger partial charge in [0.05, 0.1) is 16.4 Å². The monoisotopic (exact) mass is 461 g/mol. The van der Waals surface area contributed by atoms with Crippen molar-refractivity contribution in [3.63, 3.8) is 0 Å². The molecule has 0 spiro atoms. The van der Waals surface area contributed by atoms with Crippen LogP contribution in [0, 0.1) is 11.6 Å². The van der Waals surface area contributed by atoms with E-state index in [0.29, 0.717) is 37.2 Å². The molecule has 174 valence electrons. The van der Waals surface area contributed by atoms with Gasteiger partial charge in [-0.2, -0.15) is 0 Å². The summed E-state index contributed by atoms with van der Waals surface area (Å²) in [6.07, 6.45) is 1.36. The third kappa shape index (κ3) is 4.02.